The zero-order valence-corrected chi connectivity index (χ0v) is 20.9. The number of hydrogen-bond acceptors (Lipinski definition) is 6. The first kappa shape index (κ1) is 26.2. The summed E-state index contributed by atoms with van der Waals surface area (Å²) in [5.41, 5.74) is 0.650. The van der Waals surface area contributed by atoms with E-state index in [9.17, 15) is 13.9 Å². The number of aromatic nitrogens is 3. The maximum Gasteiger partial charge on any atom is 0.177 e. The second kappa shape index (κ2) is 11.9. The van der Waals surface area contributed by atoms with Gasteiger partial charge in [-0.1, -0.05) is 61.0 Å². The minimum atomic E-state index is -1.67. The monoisotopic (exact) mass is 513 g/mol. The van der Waals surface area contributed by atoms with E-state index in [0.717, 1.165) is 17.7 Å². The van der Waals surface area contributed by atoms with Crippen LogP contribution in [-0.4, -0.2) is 49.9 Å². The molecule has 3 aromatic rings. The highest BCUT2D eigenvalue weighted by atomic mass is 32.2. The zero-order valence-electron chi connectivity index (χ0n) is 20.1. The number of halogens is 2. The van der Waals surface area contributed by atoms with E-state index in [1.807, 2.05) is 24.3 Å². The van der Waals surface area contributed by atoms with E-state index in [1.54, 1.807) is 6.92 Å². The normalized spacial score (nSPS) is 21.1. The van der Waals surface area contributed by atoms with Gasteiger partial charge >= 0.3 is 0 Å². The Labute approximate surface area is 213 Å². The van der Waals surface area contributed by atoms with Gasteiger partial charge in [0.2, 0.25) is 0 Å². The quantitative estimate of drug-likeness (QED) is 0.411. The molecule has 2 heterocycles. The summed E-state index contributed by atoms with van der Waals surface area (Å²) < 4.78 is 41.3. The SMILES string of the molecule is Cc1ccc(/C=C/C=C/C2OCC(S[C@H](C)C(O)(Cn3cncn3)c3ccc(F)cc3F)CO2)cc1. The fraction of sp³-hybridized carbons (Fsp3) is 0.333. The van der Waals surface area contributed by atoms with Crippen molar-refractivity contribution in [3.8, 4) is 0 Å². The van der Waals surface area contributed by atoms with Crippen molar-refractivity contribution in [3.63, 3.8) is 0 Å². The molecule has 2 aromatic carbocycles. The van der Waals surface area contributed by atoms with Crippen molar-refractivity contribution in [2.24, 2.45) is 0 Å². The molecule has 0 amide bonds. The number of hydrogen-bond donors (Lipinski definition) is 1. The molecular formula is C27H29F2N3O3S. The Morgan fingerprint density at radius 2 is 1.92 bits per heavy atom. The highest BCUT2D eigenvalue weighted by molar-refractivity contribution is 8.00. The number of benzene rings is 2. The van der Waals surface area contributed by atoms with Gasteiger partial charge in [-0.15, -0.1) is 11.8 Å². The van der Waals surface area contributed by atoms with E-state index in [0.29, 0.717) is 13.2 Å². The van der Waals surface area contributed by atoms with Gasteiger partial charge in [-0.25, -0.2) is 18.4 Å². The second-order valence-electron chi connectivity index (χ2n) is 8.73. The molecule has 1 saturated heterocycles. The van der Waals surface area contributed by atoms with E-state index in [1.165, 1.54) is 40.7 Å². The van der Waals surface area contributed by atoms with E-state index < -0.39 is 28.8 Å². The van der Waals surface area contributed by atoms with Crippen LogP contribution < -0.4 is 0 Å². The Hall–Kier alpha value is -2.85. The summed E-state index contributed by atoms with van der Waals surface area (Å²) in [6, 6.07) is 11.4. The van der Waals surface area contributed by atoms with Crippen LogP contribution in [0.5, 0.6) is 0 Å². The van der Waals surface area contributed by atoms with E-state index in [2.05, 4.69) is 41.3 Å². The summed E-state index contributed by atoms with van der Waals surface area (Å²) in [4.78, 5) is 3.90. The van der Waals surface area contributed by atoms with Crippen molar-refractivity contribution in [1.29, 1.82) is 0 Å². The van der Waals surface area contributed by atoms with Gasteiger partial charge in [0, 0.05) is 16.9 Å². The minimum absolute atomic E-state index is 0.00165. The number of aryl methyl sites for hydroxylation is 1. The predicted octanol–water partition coefficient (Wildman–Crippen LogP) is 4.89. The first-order chi connectivity index (χ1) is 17.3. The van der Waals surface area contributed by atoms with Gasteiger partial charge < -0.3 is 14.6 Å². The Kier molecular flexibility index (Phi) is 8.68. The molecule has 0 bridgehead atoms. The molecule has 2 atom stereocenters. The molecule has 4 rings (SSSR count). The molecular weight excluding hydrogens is 484 g/mol. The lowest BCUT2D eigenvalue weighted by atomic mass is 9.90. The molecule has 1 aliphatic rings. The standard InChI is InChI=1S/C27H29F2N3O3S/c1-19-7-9-21(10-8-19)5-3-4-6-26-34-14-23(15-35-26)36-20(2)27(33,16-32-18-30-17-31-32)24-12-11-22(28)13-25(24)29/h3-13,17-18,20,23,26,33H,14-16H2,1-2H3/b5-3+,6-4+/t20-,23?,26?,27?/m1/s1. The van der Waals surface area contributed by atoms with Gasteiger partial charge in [-0.05, 0) is 24.6 Å². The third kappa shape index (κ3) is 6.67. The third-order valence-electron chi connectivity index (χ3n) is 5.97. The van der Waals surface area contributed by atoms with Gasteiger partial charge in [0.1, 0.15) is 29.9 Å². The fourth-order valence-electron chi connectivity index (χ4n) is 3.93. The number of aliphatic hydroxyl groups is 1. The zero-order chi connectivity index (χ0) is 25.5. The average molecular weight is 514 g/mol. The van der Waals surface area contributed by atoms with Crippen molar-refractivity contribution in [2.45, 2.75) is 42.8 Å². The van der Waals surface area contributed by atoms with Gasteiger partial charge in [-0.2, -0.15) is 5.10 Å². The largest absolute Gasteiger partial charge is 0.382 e. The third-order valence-corrected chi connectivity index (χ3v) is 7.43. The van der Waals surface area contributed by atoms with Crippen LogP contribution in [0.15, 0.2) is 73.3 Å². The number of thioether (sulfide) groups is 1. The maximum atomic E-state index is 14.7. The molecule has 190 valence electrons. The van der Waals surface area contributed by atoms with Crippen LogP contribution in [0.1, 0.15) is 23.6 Å². The summed E-state index contributed by atoms with van der Waals surface area (Å²) in [5.74, 6) is -1.52. The van der Waals surface area contributed by atoms with Crippen LogP contribution in [0.2, 0.25) is 0 Å². The lowest BCUT2D eigenvalue weighted by Crippen LogP contribution is -2.43. The molecule has 0 spiro atoms. The Morgan fingerprint density at radius 3 is 2.58 bits per heavy atom. The first-order valence-corrected chi connectivity index (χ1v) is 12.6. The van der Waals surface area contributed by atoms with Gasteiger partial charge in [0.25, 0.3) is 0 Å². The van der Waals surface area contributed by atoms with Crippen molar-refractivity contribution in [1.82, 2.24) is 14.8 Å². The molecule has 1 fully saturated rings. The summed E-state index contributed by atoms with van der Waals surface area (Å²) in [7, 11) is 0. The minimum Gasteiger partial charge on any atom is -0.382 e. The average Bonchev–Trinajstić information content (AvgIpc) is 3.36. The fourth-order valence-corrected chi connectivity index (χ4v) is 5.24. The summed E-state index contributed by atoms with van der Waals surface area (Å²) in [6.07, 6.45) is 9.97. The smallest absolute Gasteiger partial charge is 0.177 e. The van der Waals surface area contributed by atoms with Gasteiger partial charge in [0.05, 0.1) is 25.0 Å². The van der Waals surface area contributed by atoms with E-state index in [4.69, 9.17) is 9.47 Å². The molecule has 0 aliphatic carbocycles. The van der Waals surface area contributed by atoms with Crippen molar-refractivity contribution >= 4 is 17.8 Å². The number of allylic oxidation sites excluding steroid dienone is 2. The van der Waals surface area contributed by atoms with Gasteiger partial charge in [-0.3, -0.25) is 0 Å². The molecule has 1 aliphatic heterocycles. The van der Waals surface area contributed by atoms with Crippen LogP contribution in [-0.2, 0) is 21.6 Å². The van der Waals surface area contributed by atoms with Crippen LogP contribution >= 0.6 is 11.8 Å². The molecule has 1 aromatic heterocycles. The summed E-state index contributed by atoms with van der Waals surface area (Å²) >= 11 is 1.43. The van der Waals surface area contributed by atoms with Crippen LogP contribution in [0.4, 0.5) is 8.78 Å². The number of rotatable bonds is 9. The summed E-state index contributed by atoms with van der Waals surface area (Å²) in [5, 5.41) is 15.1. The Morgan fingerprint density at radius 1 is 1.17 bits per heavy atom. The van der Waals surface area contributed by atoms with Crippen molar-refractivity contribution in [3.05, 3.63) is 102 Å². The lowest BCUT2D eigenvalue weighted by molar-refractivity contribution is -0.146. The topological polar surface area (TPSA) is 69.4 Å². The molecule has 9 heteroatoms. The van der Waals surface area contributed by atoms with E-state index >= 15 is 0 Å². The van der Waals surface area contributed by atoms with Crippen molar-refractivity contribution < 1.29 is 23.4 Å². The van der Waals surface area contributed by atoms with Crippen LogP contribution in [0.3, 0.4) is 0 Å². The highest BCUT2D eigenvalue weighted by Crippen LogP contribution is 2.38. The Balaban J connectivity index is 1.36. The van der Waals surface area contributed by atoms with Gasteiger partial charge in [0.15, 0.2) is 6.29 Å². The molecule has 36 heavy (non-hydrogen) atoms. The van der Waals surface area contributed by atoms with Crippen LogP contribution in [0.25, 0.3) is 6.08 Å². The Bertz CT molecular complexity index is 1180. The molecule has 0 radical (unpaired) electrons. The number of ether oxygens (including phenoxy) is 2. The second-order valence-corrected chi connectivity index (χ2v) is 10.4. The summed E-state index contributed by atoms with van der Waals surface area (Å²) in [6.45, 7) is 4.60. The first-order valence-electron chi connectivity index (χ1n) is 11.6. The van der Waals surface area contributed by atoms with Crippen molar-refractivity contribution in [2.75, 3.05) is 13.2 Å². The molecule has 1 N–H and O–H groups in total. The van der Waals surface area contributed by atoms with Crippen LogP contribution in [0, 0.1) is 18.6 Å². The van der Waals surface area contributed by atoms with E-state index in [-0.39, 0.29) is 17.4 Å². The predicted molar refractivity (Wildman–Crippen MR) is 136 cm³/mol. The highest BCUT2D eigenvalue weighted by Gasteiger charge is 2.41. The maximum absolute atomic E-state index is 14.7. The molecule has 1 unspecified atom stereocenters. The lowest BCUT2D eigenvalue weighted by Gasteiger charge is -2.37. The molecule has 0 saturated carbocycles. The number of nitrogens with zero attached hydrogens (tertiary/aromatic N) is 3. The molecule has 6 nitrogen and oxygen atoms in total.